The molecule has 1 N–H and O–H groups in total. The Morgan fingerprint density at radius 1 is 1.32 bits per heavy atom. The molecule has 7 heteroatoms. The summed E-state index contributed by atoms with van der Waals surface area (Å²) in [5.41, 5.74) is 1.61. The minimum absolute atomic E-state index is 0.122. The van der Waals surface area contributed by atoms with E-state index >= 15 is 0 Å². The lowest BCUT2D eigenvalue weighted by Crippen LogP contribution is -2.20. The van der Waals surface area contributed by atoms with E-state index in [9.17, 15) is 4.79 Å². The molecule has 0 fully saturated rings. The highest BCUT2D eigenvalue weighted by Crippen LogP contribution is 2.28. The van der Waals surface area contributed by atoms with Gasteiger partial charge in [0.1, 0.15) is 0 Å². The van der Waals surface area contributed by atoms with E-state index in [1.165, 1.54) is 0 Å². The molecule has 1 aromatic carbocycles. The standard InChI is InChI=1S/C18H23N3O4/c1-4-5-14-6-7-16(17(10-14)24-3)25-13-18(22)20-15-11-19-21(12-15)8-9-23-2/h4-7,10-12H,8-9,13H2,1-3H3,(H,20,22). The van der Waals surface area contributed by atoms with Gasteiger partial charge in [-0.25, -0.2) is 0 Å². The van der Waals surface area contributed by atoms with Crippen molar-refractivity contribution in [3.63, 3.8) is 0 Å². The molecule has 1 aromatic heterocycles. The van der Waals surface area contributed by atoms with Gasteiger partial charge in [-0.1, -0.05) is 18.2 Å². The Balaban J connectivity index is 1.90. The van der Waals surface area contributed by atoms with Crippen LogP contribution in [-0.2, 0) is 16.1 Å². The third kappa shape index (κ3) is 5.65. The number of rotatable bonds is 9. The number of methoxy groups -OCH3 is 2. The molecule has 0 atom stereocenters. The second kappa shape index (κ2) is 9.48. The number of hydrogen-bond donors (Lipinski definition) is 1. The van der Waals surface area contributed by atoms with Gasteiger partial charge in [0.15, 0.2) is 18.1 Å². The Hall–Kier alpha value is -2.80. The van der Waals surface area contributed by atoms with Gasteiger partial charge in [0, 0.05) is 13.3 Å². The molecule has 2 rings (SSSR count). The third-order valence-corrected chi connectivity index (χ3v) is 3.35. The number of benzene rings is 1. The number of anilines is 1. The van der Waals surface area contributed by atoms with Gasteiger partial charge in [0.05, 0.1) is 32.1 Å². The van der Waals surface area contributed by atoms with Gasteiger partial charge < -0.3 is 19.5 Å². The van der Waals surface area contributed by atoms with Crippen molar-refractivity contribution in [1.82, 2.24) is 9.78 Å². The lowest BCUT2D eigenvalue weighted by Gasteiger charge is -2.11. The summed E-state index contributed by atoms with van der Waals surface area (Å²) in [4.78, 5) is 12.0. The summed E-state index contributed by atoms with van der Waals surface area (Å²) < 4.78 is 17.5. The molecule has 0 aliphatic rings. The van der Waals surface area contributed by atoms with Crippen molar-refractivity contribution in [2.75, 3.05) is 32.8 Å². The first-order valence-electron chi connectivity index (χ1n) is 7.91. The number of hydrogen-bond acceptors (Lipinski definition) is 5. The average Bonchev–Trinajstić information content (AvgIpc) is 3.06. The maximum atomic E-state index is 12.0. The Kier molecular flexibility index (Phi) is 7.03. The molecule has 0 radical (unpaired) electrons. The van der Waals surface area contributed by atoms with Crippen LogP contribution in [0, 0.1) is 0 Å². The van der Waals surface area contributed by atoms with Crippen molar-refractivity contribution in [3.05, 3.63) is 42.2 Å². The number of ether oxygens (including phenoxy) is 3. The van der Waals surface area contributed by atoms with Crippen LogP contribution >= 0.6 is 0 Å². The Morgan fingerprint density at radius 3 is 2.88 bits per heavy atom. The van der Waals surface area contributed by atoms with Crippen LogP contribution in [0.25, 0.3) is 6.08 Å². The van der Waals surface area contributed by atoms with Crippen molar-refractivity contribution in [3.8, 4) is 11.5 Å². The second-order valence-electron chi connectivity index (χ2n) is 5.23. The molecular formula is C18H23N3O4. The van der Waals surface area contributed by atoms with Gasteiger partial charge in [0.25, 0.3) is 5.91 Å². The normalized spacial score (nSPS) is 10.8. The van der Waals surface area contributed by atoms with E-state index in [0.29, 0.717) is 30.3 Å². The Bertz CT molecular complexity index is 725. The first kappa shape index (κ1) is 18.5. The number of allylic oxidation sites excluding steroid dienone is 1. The first-order valence-corrected chi connectivity index (χ1v) is 7.91. The zero-order chi connectivity index (χ0) is 18.1. The summed E-state index contributed by atoms with van der Waals surface area (Å²) in [6.45, 7) is 3.00. The molecule has 2 aromatic rings. The fraction of sp³-hybridized carbons (Fsp3) is 0.333. The van der Waals surface area contributed by atoms with Crippen molar-refractivity contribution in [1.29, 1.82) is 0 Å². The minimum atomic E-state index is -0.272. The summed E-state index contributed by atoms with van der Waals surface area (Å²) in [7, 11) is 3.19. The molecule has 0 aliphatic carbocycles. The number of aromatic nitrogens is 2. The number of amides is 1. The number of carbonyl (C=O) groups excluding carboxylic acids is 1. The van der Waals surface area contributed by atoms with E-state index in [0.717, 1.165) is 5.56 Å². The molecule has 0 saturated heterocycles. The zero-order valence-corrected chi connectivity index (χ0v) is 14.7. The average molecular weight is 345 g/mol. The smallest absolute Gasteiger partial charge is 0.262 e. The molecule has 7 nitrogen and oxygen atoms in total. The summed E-state index contributed by atoms with van der Waals surface area (Å²) in [5.74, 6) is 0.823. The van der Waals surface area contributed by atoms with Crippen LogP contribution in [0.1, 0.15) is 12.5 Å². The predicted octanol–water partition coefficient (Wildman–Crippen LogP) is 2.59. The number of nitrogens with zero attached hydrogens (tertiary/aromatic N) is 2. The minimum Gasteiger partial charge on any atom is -0.493 e. The number of nitrogens with one attached hydrogen (secondary N) is 1. The zero-order valence-electron chi connectivity index (χ0n) is 14.7. The quantitative estimate of drug-likeness (QED) is 0.756. The second-order valence-corrected chi connectivity index (χ2v) is 5.23. The van der Waals surface area contributed by atoms with E-state index in [4.69, 9.17) is 14.2 Å². The third-order valence-electron chi connectivity index (χ3n) is 3.35. The largest absolute Gasteiger partial charge is 0.493 e. The maximum absolute atomic E-state index is 12.0. The van der Waals surface area contributed by atoms with Gasteiger partial charge in [-0.05, 0) is 24.6 Å². The van der Waals surface area contributed by atoms with Gasteiger partial charge in [-0.2, -0.15) is 5.10 Å². The molecule has 0 spiro atoms. The monoisotopic (exact) mass is 345 g/mol. The van der Waals surface area contributed by atoms with Crippen molar-refractivity contribution < 1.29 is 19.0 Å². The van der Waals surface area contributed by atoms with Crippen LogP contribution in [0.3, 0.4) is 0 Å². The first-order chi connectivity index (χ1) is 12.2. The van der Waals surface area contributed by atoms with E-state index in [1.807, 2.05) is 31.2 Å². The molecule has 0 bridgehead atoms. The molecule has 1 amide bonds. The molecule has 134 valence electrons. The summed E-state index contributed by atoms with van der Waals surface area (Å²) >= 11 is 0. The van der Waals surface area contributed by atoms with Crippen molar-refractivity contribution >= 4 is 17.7 Å². The van der Waals surface area contributed by atoms with Gasteiger partial charge in [-0.15, -0.1) is 0 Å². The van der Waals surface area contributed by atoms with Crippen LogP contribution < -0.4 is 14.8 Å². The fourth-order valence-corrected chi connectivity index (χ4v) is 2.18. The highest BCUT2D eigenvalue weighted by Gasteiger charge is 2.09. The molecule has 0 unspecified atom stereocenters. The van der Waals surface area contributed by atoms with Crippen LogP contribution in [0.4, 0.5) is 5.69 Å². The van der Waals surface area contributed by atoms with Crippen molar-refractivity contribution in [2.45, 2.75) is 13.5 Å². The lowest BCUT2D eigenvalue weighted by atomic mass is 10.2. The van der Waals surface area contributed by atoms with Crippen LogP contribution in [0.5, 0.6) is 11.5 Å². The SMILES string of the molecule is CC=Cc1ccc(OCC(=O)Nc2cnn(CCOC)c2)c(OC)c1. The fourth-order valence-electron chi connectivity index (χ4n) is 2.18. The van der Waals surface area contributed by atoms with E-state index in [1.54, 1.807) is 37.4 Å². The van der Waals surface area contributed by atoms with E-state index < -0.39 is 0 Å². The predicted molar refractivity (Wildman–Crippen MR) is 95.9 cm³/mol. The Labute approximate surface area is 147 Å². The summed E-state index contributed by atoms with van der Waals surface area (Å²) in [6, 6.07) is 5.53. The maximum Gasteiger partial charge on any atom is 0.262 e. The van der Waals surface area contributed by atoms with Gasteiger partial charge in [-0.3, -0.25) is 9.48 Å². The molecule has 0 saturated carbocycles. The van der Waals surface area contributed by atoms with E-state index in [-0.39, 0.29) is 12.5 Å². The van der Waals surface area contributed by atoms with Crippen LogP contribution in [0.15, 0.2) is 36.7 Å². The number of carbonyl (C=O) groups is 1. The summed E-state index contributed by atoms with van der Waals surface area (Å²) in [6.07, 6.45) is 7.22. The highest BCUT2D eigenvalue weighted by molar-refractivity contribution is 5.91. The van der Waals surface area contributed by atoms with E-state index in [2.05, 4.69) is 10.4 Å². The molecule has 25 heavy (non-hydrogen) atoms. The highest BCUT2D eigenvalue weighted by atomic mass is 16.5. The molecule has 0 aliphatic heterocycles. The molecular weight excluding hydrogens is 322 g/mol. The Morgan fingerprint density at radius 2 is 2.16 bits per heavy atom. The van der Waals surface area contributed by atoms with Gasteiger partial charge in [0.2, 0.25) is 0 Å². The summed E-state index contributed by atoms with van der Waals surface area (Å²) in [5, 5.41) is 6.87. The topological polar surface area (TPSA) is 74.6 Å². The molecule has 1 heterocycles. The van der Waals surface area contributed by atoms with Crippen molar-refractivity contribution in [2.24, 2.45) is 0 Å². The van der Waals surface area contributed by atoms with Crippen LogP contribution in [-0.4, -0.2) is 43.1 Å². The lowest BCUT2D eigenvalue weighted by molar-refractivity contribution is -0.118. The van der Waals surface area contributed by atoms with Crippen LogP contribution in [0.2, 0.25) is 0 Å². The van der Waals surface area contributed by atoms with Gasteiger partial charge >= 0.3 is 0 Å².